The number of carbonyl (C=O) groups is 1. The fourth-order valence-corrected chi connectivity index (χ4v) is 2.56. The average Bonchev–Trinajstić information content (AvgIpc) is 2.70. The Kier molecular flexibility index (Phi) is 3.49. The van der Waals surface area contributed by atoms with Gasteiger partial charge in [0, 0.05) is 30.3 Å². The minimum Gasteiger partial charge on any atom is -0.311 e. The lowest BCUT2D eigenvalue weighted by Gasteiger charge is -2.16. The van der Waals surface area contributed by atoms with Crippen LogP contribution in [-0.4, -0.2) is 27.1 Å². The molecule has 1 fully saturated rings. The number of rotatable bonds is 3. The van der Waals surface area contributed by atoms with Gasteiger partial charge in [-0.25, -0.2) is 8.42 Å². The second-order valence-electron chi connectivity index (χ2n) is 4.49. The largest absolute Gasteiger partial charge is 0.311 e. The van der Waals surface area contributed by atoms with Crippen LogP contribution < -0.4 is 9.62 Å². The van der Waals surface area contributed by atoms with E-state index in [1.54, 1.807) is 29.2 Å². The molecule has 2 rings (SSSR count). The maximum Gasteiger partial charge on any atom is 0.229 e. The molecular formula is C13H14N2O3S. The van der Waals surface area contributed by atoms with Crippen LogP contribution in [-0.2, 0) is 14.8 Å². The molecule has 0 bridgehead atoms. The van der Waals surface area contributed by atoms with Crippen molar-refractivity contribution in [2.24, 2.45) is 5.92 Å². The van der Waals surface area contributed by atoms with Crippen LogP contribution in [0, 0.1) is 18.3 Å². The van der Waals surface area contributed by atoms with Crippen LogP contribution in [0.2, 0.25) is 0 Å². The van der Waals surface area contributed by atoms with Crippen molar-refractivity contribution >= 4 is 27.3 Å². The van der Waals surface area contributed by atoms with Crippen LogP contribution in [0.3, 0.4) is 0 Å². The van der Waals surface area contributed by atoms with Gasteiger partial charge in [0.15, 0.2) is 0 Å². The van der Waals surface area contributed by atoms with Gasteiger partial charge in [0.25, 0.3) is 0 Å². The summed E-state index contributed by atoms with van der Waals surface area (Å²) in [4.78, 5) is 13.4. The summed E-state index contributed by atoms with van der Waals surface area (Å²) in [6.45, 7) is 0.508. The monoisotopic (exact) mass is 278 g/mol. The zero-order valence-electron chi connectivity index (χ0n) is 10.5. The van der Waals surface area contributed by atoms with Gasteiger partial charge in [-0.05, 0) is 24.3 Å². The summed E-state index contributed by atoms with van der Waals surface area (Å²) in [5.74, 6) is 2.52. The zero-order chi connectivity index (χ0) is 14.0. The number of hydrogen-bond donors (Lipinski definition) is 1. The molecule has 1 aromatic rings. The molecular weight excluding hydrogens is 264 g/mol. The standard InChI is InChI=1S/C13H14N2O3S/c1-3-10-8-13(16)15(9-10)12-6-4-11(5-7-12)14-19(2,17)18/h1,4-7,10,14H,8-9H2,2H3. The van der Waals surface area contributed by atoms with Gasteiger partial charge in [-0.2, -0.15) is 0 Å². The second-order valence-corrected chi connectivity index (χ2v) is 6.24. The lowest BCUT2D eigenvalue weighted by molar-refractivity contribution is -0.117. The van der Waals surface area contributed by atoms with Crippen molar-refractivity contribution in [3.05, 3.63) is 24.3 Å². The summed E-state index contributed by atoms with van der Waals surface area (Å²) >= 11 is 0. The van der Waals surface area contributed by atoms with Crippen molar-refractivity contribution in [1.29, 1.82) is 0 Å². The predicted octanol–water partition coefficient (Wildman–Crippen LogP) is 1.04. The van der Waals surface area contributed by atoms with Crippen LogP contribution in [0.4, 0.5) is 11.4 Å². The molecule has 1 aliphatic heterocycles. The van der Waals surface area contributed by atoms with Crippen molar-refractivity contribution in [2.45, 2.75) is 6.42 Å². The van der Waals surface area contributed by atoms with E-state index in [4.69, 9.17) is 6.42 Å². The summed E-state index contributed by atoms with van der Waals surface area (Å²) in [6, 6.07) is 6.63. The van der Waals surface area contributed by atoms with E-state index in [1.807, 2.05) is 0 Å². The van der Waals surface area contributed by atoms with Crippen molar-refractivity contribution < 1.29 is 13.2 Å². The molecule has 0 aromatic heterocycles. The van der Waals surface area contributed by atoms with Crippen molar-refractivity contribution in [3.8, 4) is 12.3 Å². The maximum atomic E-state index is 11.8. The highest BCUT2D eigenvalue weighted by Crippen LogP contribution is 2.25. The number of nitrogens with zero attached hydrogens (tertiary/aromatic N) is 1. The lowest BCUT2D eigenvalue weighted by Crippen LogP contribution is -2.24. The van der Waals surface area contributed by atoms with Crippen molar-refractivity contribution in [2.75, 3.05) is 22.4 Å². The van der Waals surface area contributed by atoms with Gasteiger partial charge in [0.1, 0.15) is 0 Å². The minimum absolute atomic E-state index is 0.00762. The Morgan fingerprint density at radius 3 is 2.47 bits per heavy atom. The van der Waals surface area contributed by atoms with Crippen LogP contribution in [0.25, 0.3) is 0 Å². The number of terminal acetylenes is 1. The molecule has 0 saturated carbocycles. The molecule has 0 radical (unpaired) electrons. The number of benzene rings is 1. The van der Waals surface area contributed by atoms with E-state index in [1.165, 1.54) is 0 Å². The fraction of sp³-hybridized carbons (Fsp3) is 0.308. The van der Waals surface area contributed by atoms with Gasteiger partial charge in [0.05, 0.1) is 6.26 Å². The molecule has 1 saturated heterocycles. The quantitative estimate of drug-likeness (QED) is 0.840. The van der Waals surface area contributed by atoms with Gasteiger partial charge in [-0.3, -0.25) is 9.52 Å². The first-order chi connectivity index (χ1) is 8.89. The van der Waals surface area contributed by atoms with Crippen molar-refractivity contribution in [1.82, 2.24) is 0 Å². The molecule has 1 aliphatic rings. The summed E-state index contributed by atoms with van der Waals surface area (Å²) in [5.41, 5.74) is 1.19. The second kappa shape index (κ2) is 4.94. The molecule has 1 unspecified atom stereocenters. The SMILES string of the molecule is C#CC1CC(=O)N(c2ccc(NS(C)(=O)=O)cc2)C1. The maximum absolute atomic E-state index is 11.8. The summed E-state index contributed by atoms with van der Waals surface area (Å²) in [6.07, 6.45) is 6.77. The van der Waals surface area contributed by atoms with E-state index < -0.39 is 10.0 Å². The molecule has 0 aliphatic carbocycles. The highest BCUT2D eigenvalue weighted by atomic mass is 32.2. The summed E-state index contributed by atoms with van der Waals surface area (Å²) < 4.78 is 24.5. The van der Waals surface area contributed by atoms with E-state index in [0.29, 0.717) is 18.7 Å². The Hall–Kier alpha value is -2.00. The Bertz CT molecular complexity index is 629. The van der Waals surface area contributed by atoms with Gasteiger partial charge < -0.3 is 4.90 Å². The topological polar surface area (TPSA) is 66.5 Å². The molecule has 1 N–H and O–H groups in total. The minimum atomic E-state index is -3.29. The lowest BCUT2D eigenvalue weighted by atomic mass is 10.1. The Morgan fingerprint density at radius 1 is 1.37 bits per heavy atom. The number of hydrogen-bond acceptors (Lipinski definition) is 3. The highest BCUT2D eigenvalue weighted by molar-refractivity contribution is 7.92. The van der Waals surface area contributed by atoms with Crippen LogP contribution >= 0.6 is 0 Å². The molecule has 1 aromatic carbocycles. The van der Waals surface area contributed by atoms with Gasteiger partial charge >= 0.3 is 0 Å². The van der Waals surface area contributed by atoms with E-state index >= 15 is 0 Å². The smallest absolute Gasteiger partial charge is 0.229 e. The molecule has 1 atom stereocenters. The third-order valence-corrected chi connectivity index (χ3v) is 3.45. The first kappa shape index (κ1) is 13.4. The Labute approximate surface area is 112 Å². The number of sulfonamides is 1. The molecule has 0 spiro atoms. The van der Waals surface area contributed by atoms with Crippen LogP contribution in [0.5, 0.6) is 0 Å². The van der Waals surface area contributed by atoms with E-state index in [0.717, 1.165) is 11.9 Å². The molecule has 5 nitrogen and oxygen atoms in total. The van der Waals surface area contributed by atoms with E-state index in [2.05, 4.69) is 10.6 Å². The number of nitrogens with one attached hydrogen (secondary N) is 1. The average molecular weight is 278 g/mol. The van der Waals surface area contributed by atoms with Gasteiger partial charge in [-0.15, -0.1) is 12.3 Å². The van der Waals surface area contributed by atoms with Gasteiger partial charge in [-0.1, -0.05) is 0 Å². The van der Waals surface area contributed by atoms with E-state index in [9.17, 15) is 13.2 Å². The van der Waals surface area contributed by atoms with Crippen molar-refractivity contribution in [3.63, 3.8) is 0 Å². The first-order valence-electron chi connectivity index (χ1n) is 5.73. The third-order valence-electron chi connectivity index (χ3n) is 2.84. The van der Waals surface area contributed by atoms with Crippen LogP contribution in [0.1, 0.15) is 6.42 Å². The number of anilines is 2. The third kappa shape index (κ3) is 3.26. The fourth-order valence-electron chi connectivity index (χ4n) is 1.99. The first-order valence-corrected chi connectivity index (χ1v) is 7.62. The summed E-state index contributed by atoms with van der Waals surface area (Å²) in [7, 11) is -3.29. The molecule has 1 heterocycles. The predicted molar refractivity (Wildman–Crippen MR) is 74.2 cm³/mol. The number of carbonyl (C=O) groups excluding carboxylic acids is 1. The Morgan fingerprint density at radius 2 is 2.00 bits per heavy atom. The Balaban J connectivity index is 2.16. The molecule has 6 heteroatoms. The zero-order valence-corrected chi connectivity index (χ0v) is 11.3. The molecule has 19 heavy (non-hydrogen) atoms. The van der Waals surface area contributed by atoms with Gasteiger partial charge in [0.2, 0.25) is 15.9 Å². The molecule has 100 valence electrons. The van der Waals surface area contributed by atoms with E-state index in [-0.39, 0.29) is 11.8 Å². The molecule has 1 amide bonds. The summed E-state index contributed by atoms with van der Waals surface area (Å²) in [5, 5.41) is 0. The normalized spacial score (nSPS) is 19.3. The van der Waals surface area contributed by atoms with Crippen LogP contribution in [0.15, 0.2) is 24.3 Å². The number of amides is 1. The highest BCUT2D eigenvalue weighted by Gasteiger charge is 2.29.